The number of piperidine rings is 1. The standard InChI is InChI=1S/C21H25Cl2N3O3/c1-21(2,3)18-6-7-19(27)26(24-18)15-8-10-25(11-9-15)20(28)13-29-17-5-4-14(22)12-16(17)23/h4-7,12,15H,8-11,13H2,1-3H3. The van der Waals surface area contributed by atoms with E-state index in [1.54, 1.807) is 39.9 Å². The quantitative estimate of drug-likeness (QED) is 0.722. The summed E-state index contributed by atoms with van der Waals surface area (Å²) in [5.74, 6) is 0.312. The second kappa shape index (κ2) is 8.76. The van der Waals surface area contributed by atoms with Gasteiger partial charge in [-0.2, -0.15) is 5.10 Å². The van der Waals surface area contributed by atoms with Gasteiger partial charge in [0.25, 0.3) is 11.5 Å². The lowest BCUT2D eigenvalue weighted by Crippen LogP contribution is -2.43. The van der Waals surface area contributed by atoms with Crippen LogP contribution < -0.4 is 10.3 Å². The molecule has 0 saturated carbocycles. The number of benzene rings is 1. The maximum Gasteiger partial charge on any atom is 0.267 e. The molecule has 1 fully saturated rings. The van der Waals surface area contributed by atoms with Crippen molar-refractivity contribution in [2.24, 2.45) is 0 Å². The number of carbonyl (C=O) groups is 1. The van der Waals surface area contributed by atoms with E-state index in [9.17, 15) is 9.59 Å². The Labute approximate surface area is 180 Å². The molecule has 0 N–H and O–H groups in total. The van der Waals surface area contributed by atoms with Crippen molar-refractivity contribution in [2.75, 3.05) is 19.7 Å². The molecule has 0 spiro atoms. The van der Waals surface area contributed by atoms with Crippen LogP contribution in [0.3, 0.4) is 0 Å². The molecule has 2 aromatic rings. The molecule has 1 aromatic carbocycles. The number of hydrogen-bond donors (Lipinski definition) is 0. The summed E-state index contributed by atoms with van der Waals surface area (Å²) in [6, 6.07) is 8.23. The SMILES string of the molecule is CC(C)(C)c1ccc(=O)n(C2CCN(C(=O)COc3ccc(Cl)cc3Cl)CC2)n1. The highest BCUT2D eigenvalue weighted by molar-refractivity contribution is 6.35. The summed E-state index contributed by atoms with van der Waals surface area (Å²) in [6.45, 7) is 7.21. The van der Waals surface area contributed by atoms with Gasteiger partial charge in [0.15, 0.2) is 6.61 Å². The molecule has 0 unspecified atom stereocenters. The minimum Gasteiger partial charge on any atom is -0.482 e. The second-order valence-corrected chi connectivity index (χ2v) is 9.07. The molecule has 156 valence electrons. The van der Waals surface area contributed by atoms with Crippen molar-refractivity contribution in [3.8, 4) is 5.75 Å². The fourth-order valence-electron chi connectivity index (χ4n) is 3.27. The lowest BCUT2D eigenvalue weighted by atomic mass is 9.92. The minimum atomic E-state index is -0.133. The Morgan fingerprint density at radius 1 is 1.17 bits per heavy atom. The normalized spacial score (nSPS) is 15.4. The number of rotatable bonds is 4. The van der Waals surface area contributed by atoms with E-state index in [0.29, 0.717) is 41.7 Å². The molecule has 0 bridgehead atoms. The number of likely N-dealkylation sites (tertiary alicyclic amines) is 1. The molecule has 1 amide bonds. The van der Waals surface area contributed by atoms with Crippen LogP contribution in [-0.4, -0.2) is 40.3 Å². The maximum atomic E-state index is 12.5. The third-order valence-corrected chi connectivity index (χ3v) is 5.53. The molecule has 2 heterocycles. The first-order chi connectivity index (χ1) is 13.6. The third-order valence-electron chi connectivity index (χ3n) is 5.00. The van der Waals surface area contributed by atoms with Crippen molar-refractivity contribution in [1.82, 2.24) is 14.7 Å². The van der Waals surface area contributed by atoms with Crippen LogP contribution in [0.1, 0.15) is 45.3 Å². The van der Waals surface area contributed by atoms with Gasteiger partial charge in [-0.15, -0.1) is 0 Å². The fraction of sp³-hybridized carbons (Fsp3) is 0.476. The smallest absolute Gasteiger partial charge is 0.267 e. The first-order valence-corrected chi connectivity index (χ1v) is 10.4. The molecule has 3 rings (SSSR count). The molecular weight excluding hydrogens is 413 g/mol. The Bertz CT molecular complexity index is 945. The molecule has 0 aliphatic carbocycles. The van der Waals surface area contributed by atoms with Gasteiger partial charge in [0.05, 0.1) is 16.8 Å². The van der Waals surface area contributed by atoms with E-state index in [4.69, 9.17) is 27.9 Å². The van der Waals surface area contributed by atoms with Gasteiger partial charge in [-0.1, -0.05) is 44.0 Å². The summed E-state index contributed by atoms with van der Waals surface area (Å²) in [7, 11) is 0. The number of amides is 1. The van der Waals surface area contributed by atoms with Gasteiger partial charge in [-0.05, 0) is 37.1 Å². The van der Waals surface area contributed by atoms with Crippen molar-refractivity contribution in [1.29, 1.82) is 0 Å². The summed E-state index contributed by atoms with van der Waals surface area (Å²) in [5.41, 5.74) is 0.638. The first kappa shape index (κ1) is 21.7. The number of halogens is 2. The zero-order chi connectivity index (χ0) is 21.2. The first-order valence-electron chi connectivity index (χ1n) is 9.61. The van der Waals surface area contributed by atoms with Crippen molar-refractivity contribution in [3.05, 3.63) is 56.4 Å². The molecular formula is C21H25Cl2N3O3. The Kier molecular flexibility index (Phi) is 6.54. The van der Waals surface area contributed by atoms with Gasteiger partial charge >= 0.3 is 0 Å². The zero-order valence-electron chi connectivity index (χ0n) is 16.8. The molecule has 6 nitrogen and oxygen atoms in total. The number of nitrogens with zero attached hydrogens (tertiary/aromatic N) is 3. The fourth-order valence-corrected chi connectivity index (χ4v) is 3.73. The van der Waals surface area contributed by atoms with Gasteiger partial charge in [-0.25, -0.2) is 4.68 Å². The molecule has 1 aromatic heterocycles. The highest BCUT2D eigenvalue weighted by Crippen LogP contribution is 2.28. The summed E-state index contributed by atoms with van der Waals surface area (Å²) < 4.78 is 7.12. The monoisotopic (exact) mass is 437 g/mol. The van der Waals surface area contributed by atoms with Crippen LogP contribution in [0.15, 0.2) is 35.1 Å². The largest absolute Gasteiger partial charge is 0.482 e. The highest BCUT2D eigenvalue weighted by atomic mass is 35.5. The number of carbonyl (C=O) groups excluding carboxylic acids is 1. The Hall–Kier alpha value is -2.05. The molecule has 1 saturated heterocycles. The Morgan fingerprint density at radius 2 is 1.86 bits per heavy atom. The van der Waals surface area contributed by atoms with Crippen LogP contribution in [0.25, 0.3) is 0 Å². The number of aromatic nitrogens is 2. The lowest BCUT2D eigenvalue weighted by molar-refractivity contribution is -0.134. The zero-order valence-corrected chi connectivity index (χ0v) is 18.3. The summed E-state index contributed by atoms with van der Waals surface area (Å²) in [5, 5.41) is 5.46. The molecule has 29 heavy (non-hydrogen) atoms. The van der Waals surface area contributed by atoms with Gasteiger partial charge in [0.2, 0.25) is 0 Å². The van der Waals surface area contributed by atoms with Gasteiger partial charge in [0, 0.05) is 29.6 Å². The van der Waals surface area contributed by atoms with E-state index in [-0.39, 0.29) is 29.5 Å². The predicted molar refractivity (Wildman–Crippen MR) is 114 cm³/mol. The van der Waals surface area contributed by atoms with Crippen LogP contribution in [0.4, 0.5) is 0 Å². The number of ether oxygens (including phenoxy) is 1. The predicted octanol–water partition coefficient (Wildman–Crippen LogP) is 4.09. The van der Waals surface area contributed by atoms with Crippen molar-refractivity contribution in [2.45, 2.75) is 45.1 Å². The summed E-state index contributed by atoms with van der Waals surface area (Å²) in [4.78, 5) is 26.5. The molecule has 0 atom stereocenters. The van der Waals surface area contributed by atoms with E-state index >= 15 is 0 Å². The van der Waals surface area contributed by atoms with Crippen molar-refractivity contribution in [3.63, 3.8) is 0 Å². The Morgan fingerprint density at radius 3 is 2.48 bits per heavy atom. The Balaban J connectivity index is 1.59. The maximum absolute atomic E-state index is 12.5. The van der Waals surface area contributed by atoms with E-state index in [0.717, 1.165) is 5.69 Å². The van der Waals surface area contributed by atoms with Gasteiger partial charge < -0.3 is 9.64 Å². The second-order valence-electron chi connectivity index (χ2n) is 8.23. The van der Waals surface area contributed by atoms with E-state index < -0.39 is 0 Å². The third kappa shape index (κ3) is 5.31. The topological polar surface area (TPSA) is 64.4 Å². The molecule has 1 aliphatic rings. The van der Waals surface area contributed by atoms with E-state index in [2.05, 4.69) is 25.9 Å². The molecule has 1 aliphatic heterocycles. The summed E-state index contributed by atoms with van der Waals surface area (Å²) in [6.07, 6.45) is 1.35. The van der Waals surface area contributed by atoms with E-state index in [1.165, 1.54) is 0 Å². The van der Waals surface area contributed by atoms with Gasteiger partial charge in [-0.3, -0.25) is 9.59 Å². The van der Waals surface area contributed by atoms with Crippen molar-refractivity contribution >= 4 is 29.1 Å². The van der Waals surface area contributed by atoms with Crippen LogP contribution in [0.5, 0.6) is 5.75 Å². The van der Waals surface area contributed by atoms with Crippen LogP contribution >= 0.6 is 23.2 Å². The van der Waals surface area contributed by atoms with Crippen LogP contribution in [0.2, 0.25) is 10.0 Å². The lowest BCUT2D eigenvalue weighted by Gasteiger charge is -2.32. The number of hydrogen-bond acceptors (Lipinski definition) is 4. The minimum absolute atomic E-state index is 0.0134. The molecule has 0 radical (unpaired) electrons. The van der Waals surface area contributed by atoms with Crippen molar-refractivity contribution < 1.29 is 9.53 Å². The van der Waals surface area contributed by atoms with Gasteiger partial charge in [0.1, 0.15) is 5.75 Å². The van der Waals surface area contributed by atoms with E-state index in [1.807, 2.05) is 0 Å². The molecule has 8 heteroatoms. The van der Waals surface area contributed by atoms with Crippen LogP contribution in [-0.2, 0) is 10.2 Å². The highest BCUT2D eigenvalue weighted by Gasteiger charge is 2.26. The average molecular weight is 438 g/mol. The average Bonchev–Trinajstić information content (AvgIpc) is 2.67. The summed E-state index contributed by atoms with van der Waals surface area (Å²) >= 11 is 11.9. The van der Waals surface area contributed by atoms with Crippen LogP contribution in [0, 0.1) is 0 Å².